The van der Waals surface area contributed by atoms with Crippen molar-refractivity contribution in [3.8, 4) is 0 Å². The minimum atomic E-state index is 0.786. The fourth-order valence-electron chi connectivity index (χ4n) is 1.97. The van der Waals surface area contributed by atoms with Gasteiger partial charge in [0.25, 0.3) is 0 Å². The lowest BCUT2D eigenvalue weighted by atomic mass is 10.1. The molecule has 1 aromatic heterocycles. The van der Waals surface area contributed by atoms with Crippen LogP contribution in [0.2, 0.25) is 0 Å². The number of rotatable bonds is 1. The van der Waals surface area contributed by atoms with Crippen LogP contribution in [0.3, 0.4) is 0 Å². The highest BCUT2D eigenvalue weighted by Crippen LogP contribution is 2.15. The van der Waals surface area contributed by atoms with E-state index in [4.69, 9.17) is 5.73 Å². The van der Waals surface area contributed by atoms with Gasteiger partial charge in [0.1, 0.15) is 0 Å². The Morgan fingerprint density at radius 1 is 1.43 bits per heavy atom. The maximum absolute atomic E-state index is 5.72. The molecule has 0 spiro atoms. The molecule has 0 atom stereocenters. The van der Waals surface area contributed by atoms with Gasteiger partial charge >= 0.3 is 0 Å². The Balaban J connectivity index is 2.21. The third-order valence-corrected chi connectivity index (χ3v) is 2.89. The van der Waals surface area contributed by atoms with E-state index in [0.29, 0.717) is 0 Å². The number of hydrogen-bond acceptors (Lipinski definition) is 3. The van der Waals surface area contributed by atoms with Crippen LogP contribution in [-0.2, 0) is 12.8 Å². The molecule has 0 aliphatic carbocycles. The van der Waals surface area contributed by atoms with Crippen LogP contribution in [0.25, 0.3) is 0 Å². The Hall–Kier alpha value is -1.09. The van der Waals surface area contributed by atoms with Crippen molar-refractivity contribution in [3.63, 3.8) is 0 Å². The van der Waals surface area contributed by atoms with E-state index in [9.17, 15) is 0 Å². The first-order valence-electron chi connectivity index (χ1n) is 5.25. The first-order chi connectivity index (χ1) is 6.79. The van der Waals surface area contributed by atoms with Crippen LogP contribution in [0.15, 0.2) is 12.3 Å². The van der Waals surface area contributed by atoms with Crippen molar-refractivity contribution in [2.45, 2.75) is 19.8 Å². The number of pyridine rings is 1. The molecule has 2 rings (SSSR count). The van der Waals surface area contributed by atoms with Crippen molar-refractivity contribution in [3.05, 3.63) is 23.5 Å². The van der Waals surface area contributed by atoms with E-state index in [1.165, 1.54) is 11.3 Å². The van der Waals surface area contributed by atoms with E-state index in [-0.39, 0.29) is 0 Å². The van der Waals surface area contributed by atoms with Gasteiger partial charge < -0.3 is 10.6 Å². The zero-order chi connectivity index (χ0) is 9.97. The molecule has 3 nitrogen and oxygen atoms in total. The van der Waals surface area contributed by atoms with E-state index in [1.54, 1.807) is 6.20 Å². The Labute approximate surface area is 84.9 Å². The second-order valence-corrected chi connectivity index (χ2v) is 3.81. The van der Waals surface area contributed by atoms with Crippen molar-refractivity contribution < 1.29 is 0 Å². The molecule has 0 bridgehead atoms. The molecule has 0 fully saturated rings. The van der Waals surface area contributed by atoms with Gasteiger partial charge in [0.15, 0.2) is 0 Å². The molecule has 0 saturated carbocycles. The van der Waals surface area contributed by atoms with E-state index in [1.807, 2.05) is 0 Å². The van der Waals surface area contributed by atoms with Gasteiger partial charge in [0, 0.05) is 25.2 Å². The summed E-state index contributed by atoms with van der Waals surface area (Å²) >= 11 is 0. The number of likely N-dealkylation sites (N-methyl/N-ethyl adjacent to an activating group) is 1. The van der Waals surface area contributed by atoms with Crippen LogP contribution in [0.5, 0.6) is 0 Å². The van der Waals surface area contributed by atoms with Crippen molar-refractivity contribution in [2.24, 2.45) is 0 Å². The minimum Gasteiger partial charge on any atom is -0.397 e. The number of fused-ring (bicyclic) bond motifs is 1. The van der Waals surface area contributed by atoms with Gasteiger partial charge in [0.05, 0.1) is 11.9 Å². The average molecular weight is 191 g/mol. The molecule has 0 saturated heterocycles. The molecule has 2 N–H and O–H groups in total. The summed E-state index contributed by atoms with van der Waals surface area (Å²) in [5.41, 5.74) is 9.08. The smallest absolute Gasteiger partial charge is 0.0503 e. The van der Waals surface area contributed by atoms with E-state index in [2.05, 4.69) is 22.9 Å². The predicted molar refractivity (Wildman–Crippen MR) is 58.2 cm³/mol. The first-order valence-corrected chi connectivity index (χ1v) is 5.25. The molecule has 1 aromatic rings. The van der Waals surface area contributed by atoms with E-state index in [0.717, 1.165) is 38.2 Å². The number of hydrogen-bond donors (Lipinski definition) is 1. The molecule has 0 amide bonds. The summed E-state index contributed by atoms with van der Waals surface area (Å²) in [5.74, 6) is 0. The van der Waals surface area contributed by atoms with Crippen molar-refractivity contribution in [2.75, 3.05) is 25.4 Å². The monoisotopic (exact) mass is 191 g/mol. The number of nitrogen functional groups attached to an aromatic ring is 1. The summed E-state index contributed by atoms with van der Waals surface area (Å²) in [5, 5.41) is 0. The fraction of sp³-hybridized carbons (Fsp3) is 0.545. The zero-order valence-corrected chi connectivity index (χ0v) is 8.66. The molecular weight excluding hydrogens is 174 g/mol. The highest BCUT2D eigenvalue weighted by molar-refractivity contribution is 5.40. The highest BCUT2D eigenvalue weighted by atomic mass is 15.1. The molecule has 1 aliphatic heterocycles. The van der Waals surface area contributed by atoms with Crippen LogP contribution in [-0.4, -0.2) is 29.5 Å². The summed E-state index contributed by atoms with van der Waals surface area (Å²) in [6.45, 7) is 5.59. The summed E-state index contributed by atoms with van der Waals surface area (Å²) < 4.78 is 0. The first kappa shape index (κ1) is 9.46. The number of nitrogens with zero attached hydrogens (tertiary/aromatic N) is 2. The van der Waals surface area contributed by atoms with Gasteiger partial charge in [-0.2, -0.15) is 0 Å². The Morgan fingerprint density at radius 2 is 2.21 bits per heavy atom. The number of nitrogens with two attached hydrogens (primary N) is 1. The van der Waals surface area contributed by atoms with E-state index >= 15 is 0 Å². The van der Waals surface area contributed by atoms with Crippen LogP contribution in [0.1, 0.15) is 18.2 Å². The molecule has 0 unspecified atom stereocenters. The molecule has 3 heteroatoms. The summed E-state index contributed by atoms with van der Waals surface area (Å²) in [7, 11) is 0. The summed E-state index contributed by atoms with van der Waals surface area (Å²) in [4.78, 5) is 6.85. The van der Waals surface area contributed by atoms with Crippen molar-refractivity contribution in [1.29, 1.82) is 0 Å². The molecule has 1 aliphatic rings. The van der Waals surface area contributed by atoms with Crippen LogP contribution in [0, 0.1) is 0 Å². The number of aromatic nitrogens is 1. The maximum atomic E-state index is 5.72. The van der Waals surface area contributed by atoms with E-state index < -0.39 is 0 Å². The van der Waals surface area contributed by atoms with Gasteiger partial charge in [-0.3, -0.25) is 4.98 Å². The Kier molecular flexibility index (Phi) is 2.68. The normalized spacial score (nSPS) is 17.5. The van der Waals surface area contributed by atoms with Crippen LogP contribution < -0.4 is 5.73 Å². The van der Waals surface area contributed by atoms with Gasteiger partial charge in [-0.15, -0.1) is 0 Å². The molecule has 2 heterocycles. The SMILES string of the molecule is CCN1CCc2cc(N)cnc2CC1. The molecule has 0 aromatic carbocycles. The van der Waals surface area contributed by atoms with Crippen molar-refractivity contribution >= 4 is 5.69 Å². The predicted octanol–water partition coefficient (Wildman–Crippen LogP) is 1.08. The number of anilines is 1. The van der Waals surface area contributed by atoms with Gasteiger partial charge in [-0.25, -0.2) is 0 Å². The van der Waals surface area contributed by atoms with Crippen molar-refractivity contribution in [1.82, 2.24) is 9.88 Å². The van der Waals surface area contributed by atoms with Gasteiger partial charge in [-0.05, 0) is 24.6 Å². The third-order valence-electron chi connectivity index (χ3n) is 2.89. The quantitative estimate of drug-likeness (QED) is 0.722. The standard InChI is InChI=1S/C11H17N3/c1-2-14-5-3-9-7-10(12)8-13-11(9)4-6-14/h7-8H,2-6,12H2,1H3. The molecule has 0 radical (unpaired) electrons. The van der Waals surface area contributed by atoms with Gasteiger partial charge in [-0.1, -0.05) is 6.92 Å². The third kappa shape index (κ3) is 1.87. The molecule has 76 valence electrons. The van der Waals surface area contributed by atoms with Crippen LogP contribution in [0.4, 0.5) is 5.69 Å². The van der Waals surface area contributed by atoms with Crippen LogP contribution >= 0.6 is 0 Å². The van der Waals surface area contributed by atoms with Gasteiger partial charge in [0.2, 0.25) is 0 Å². The summed E-state index contributed by atoms with van der Waals surface area (Å²) in [6.07, 6.45) is 3.91. The minimum absolute atomic E-state index is 0.786. The lowest BCUT2D eigenvalue weighted by Crippen LogP contribution is -2.25. The Bertz CT molecular complexity index is 322. The zero-order valence-electron chi connectivity index (χ0n) is 8.66. The molecule has 14 heavy (non-hydrogen) atoms. The second kappa shape index (κ2) is 3.96. The topological polar surface area (TPSA) is 42.1 Å². The fourth-order valence-corrected chi connectivity index (χ4v) is 1.97. The maximum Gasteiger partial charge on any atom is 0.0503 e. The lowest BCUT2D eigenvalue weighted by Gasteiger charge is -2.15. The Morgan fingerprint density at radius 3 is 3.00 bits per heavy atom. The summed E-state index contributed by atoms with van der Waals surface area (Å²) in [6, 6.07) is 2.07. The second-order valence-electron chi connectivity index (χ2n) is 3.81. The average Bonchev–Trinajstić information content (AvgIpc) is 2.39. The molecular formula is C11H17N3. The largest absolute Gasteiger partial charge is 0.397 e. The lowest BCUT2D eigenvalue weighted by molar-refractivity contribution is 0.303. The highest BCUT2D eigenvalue weighted by Gasteiger charge is 2.13.